The number of hydrogen-bond acceptors (Lipinski definition) is 5. The largest absolute Gasteiger partial charge is 0.469 e. The number of carbonyl (C=O) groups is 2. The summed E-state index contributed by atoms with van der Waals surface area (Å²) in [4.78, 5) is 22.7. The van der Waals surface area contributed by atoms with Crippen molar-refractivity contribution in [3.8, 4) is 0 Å². The van der Waals surface area contributed by atoms with Crippen molar-refractivity contribution >= 4 is 12.1 Å². The van der Waals surface area contributed by atoms with Crippen molar-refractivity contribution in [1.82, 2.24) is 10.6 Å². The monoisotopic (exact) mass is 350 g/mol. The lowest BCUT2D eigenvalue weighted by atomic mass is 10.1. The van der Waals surface area contributed by atoms with Gasteiger partial charge in [0.2, 0.25) is 0 Å². The van der Waals surface area contributed by atoms with Gasteiger partial charge in [-0.15, -0.1) is 0 Å². The molecule has 0 heterocycles. The molecule has 6 nitrogen and oxygen atoms in total. The van der Waals surface area contributed by atoms with Gasteiger partial charge in [-0.1, -0.05) is 24.3 Å². The molecule has 0 bridgehead atoms. The number of esters is 1. The van der Waals surface area contributed by atoms with Crippen LogP contribution in [0.5, 0.6) is 0 Å². The summed E-state index contributed by atoms with van der Waals surface area (Å²) in [5.41, 5.74) is 1.65. The molecule has 0 aliphatic heterocycles. The fourth-order valence-electron chi connectivity index (χ4n) is 2.13. The number of methoxy groups -OCH3 is 1. The molecule has 0 saturated carbocycles. The van der Waals surface area contributed by atoms with E-state index in [9.17, 15) is 9.59 Å². The second kappa shape index (κ2) is 10.7. The Hall–Kier alpha value is -2.08. The van der Waals surface area contributed by atoms with Crippen molar-refractivity contribution < 1.29 is 19.1 Å². The summed E-state index contributed by atoms with van der Waals surface area (Å²) in [5, 5.41) is 6.11. The fourth-order valence-corrected chi connectivity index (χ4v) is 2.13. The predicted octanol–water partition coefficient (Wildman–Crippen LogP) is 2.80. The first-order valence-corrected chi connectivity index (χ1v) is 8.62. The highest BCUT2D eigenvalue weighted by Crippen LogP contribution is 2.07. The molecule has 1 rings (SSSR count). The third-order valence-corrected chi connectivity index (χ3v) is 3.38. The van der Waals surface area contributed by atoms with Gasteiger partial charge in [-0.2, -0.15) is 0 Å². The van der Waals surface area contributed by atoms with E-state index in [1.165, 1.54) is 12.7 Å². The van der Waals surface area contributed by atoms with Gasteiger partial charge in [0.1, 0.15) is 5.60 Å². The molecule has 0 spiro atoms. The summed E-state index contributed by atoms with van der Waals surface area (Å²) in [6, 6.07) is 7.90. The van der Waals surface area contributed by atoms with Crippen LogP contribution in [0.3, 0.4) is 0 Å². The minimum Gasteiger partial charge on any atom is -0.469 e. The third-order valence-electron chi connectivity index (χ3n) is 3.38. The van der Waals surface area contributed by atoms with Gasteiger partial charge in [-0.3, -0.25) is 4.79 Å². The number of hydrogen-bond donors (Lipinski definition) is 2. The molecule has 1 aromatic rings. The summed E-state index contributed by atoms with van der Waals surface area (Å²) in [6.07, 6.45) is 1.79. The van der Waals surface area contributed by atoms with Gasteiger partial charge >= 0.3 is 12.1 Å². The number of amides is 1. The number of unbranched alkanes of at least 4 members (excludes halogenated alkanes) is 1. The van der Waals surface area contributed by atoms with Crippen molar-refractivity contribution in [3.63, 3.8) is 0 Å². The lowest BCUT2D eigenvalue weighted by molar-refractivity contribution is -0.139. The first-order chi connectivity index (χ1) is 11.8. The van der Waals surface area contributed by atoms with Crippen LogP contribution in [0, 0.1) is 0 Å². The highest BCUT2D eigenvalue weighted by molar-refractivity contribution is 5.72. The van der Waals surface area contributed by atoms with E-state index in [1.54, 1.807) is 0 Å². The van der Waals surface area contributed by atoms with Crippen LogP contribution in [0.4, 0.5) is 4.79 Å². The molecule has 1 aromatic carbocycles. The topological polar surface area (TPSA) is 76.7 Å². The molecular formula is C19H30N2O4. The van der Waals surface area contributed by atoms with Gasteiger partial charge in [0.05, 0.1) is 13.5 Å². The Morgan fingerprint density at radius 1 is 1.00 bits per heavy atom. The molecule has 6 heteroatoms. The molecule has 0 fully saturated rings. The molecule has 25 heavy (non-hydrogen) atoms. The Kier molecular flexibility index (Phi) is 8.99. The molecule has 0 aliphatic carbocycles. The van der Waals surface area contributed by atoms with Crippen LogP contribution in [0.2, 0.25) is 0 Å². The van der Waals surface area contributed by atoms with E-state index < -0.39 is 5.60 Å². The Morgan fingerprint density at radius 2 is 1.60 bits per heavy atom. The van der Waals surface area contributed by atoms with Crippen LogP contribution in [0.25, 0.3) is 0 Å². The average molecular weight is 350 g/mol. The van der Waals surface area contributed by atoms with Gasteiger partial charge in [-0.25, -0.2) is 4.79 Å². The number of alkyl carbamates (subject to hydrolysis) is 1. The van der Waals surface area contributed by atoms with E-state index in [4.69, 9.17) is 4.74 Å². The van der Waals surface area contributed by atoms with E-state index in [0.717, 1.165) is 31.5 Å². The number of carbonyl (C=O) groups excluding carboxylic acids is 2. The van der Waals surface area contributed by atoms with Crippen molar-refractivity contribution in [1.29, 1.82) is 0 Å². The summed E-state index contributed by atoms with van der Waals surface area (Å²) >= 11 is 0. The maximum atomic E-state index is 11.5. The highest BCUT2D eigenvalue weighted by atomic mass is 16.6. The lowest BCUT2D eigenvalue weighted by Crippen LogP contribution is -2.33. The average Bonchev–Trinajstić information content (AvgIpc) is 2.53. The zero-order valence-corrected chi connectivity index (χ0v) is 15.7. The smallest absolute Gasteiger partial charge is 0.407 e. The van der Waals surface area contributed by atoms with Crippen molar-refractivity contribution in [2.24, 2.45) is 0 Å². The van der Waals surface area contributed by atoms with E-state index in [1.807, 2.05) is 45.0 Å². The predicted molar refractivity (Wildman–Crippen MR) is 97.3 cm³/mol. The Labute approximate surface area is 150 Å². The third kappa shape index (κ3) is 10.4. The molecule has 1 amide bonds. The zero-order valence-electron chi connectivity index (χ0n) is 15.7. The fraction of sp³-hybridized carbons (Fsp3) is 0.579. The zero-order chi connectivity index (χ0) is 18.7. The van der Waals surface area contributed by atoms with Crippen LogP contribution in [-0.4, -0.2) is 37.9 Å². The van der Waals surface area contributed by atoms with Gasteiger partial charge in [0, 0.05) is 13.1 Å². The first kappa shape index (κ1) is 21.0. The van der Waals surface area contributed by atoms with E-state index in [2.05, 4.69) is 15.4 Å². The standard InChI is InChI=1S/C19H30N2O4/c1-19(2,3)25-18(23)21-12-6-5-11-20-14-16-9-7-15(8-10-16)13-17(22)24-4/h7-10,20H,5-6,11-14H2,1-4H3,(H,21,23). The summed E-state index contributed by atoms with van der Waals surface area (Å²) in [6.45, 7) is 7.80. The molecule has 0 radical (unpaired) electrons. The Bertz CT molecular complexity index is 535. The van der Waals surface area contributed by atoms with Crippen molar-refractivity contribution in [2.75, 3.05) is 20.2 Å². The number of ether oxygens (including phenoxy) is 2. The van der Waals surface area contributed by atoms with E-state index in [0.29, 0.717) is 13.0 Å². The maximum absolute atomic E-state index is 11.5. The number of benzene rings is 1. The van der Waals surface area contributed by atoms with Gasteiger partial charge < -0.3 is 20.1 Å². The highest BCUT2D eigenvalue weighted by Gasteiger charge is 2.15. The quantitative estimate of drug-likeness (QED) is 0.529. The molecule has 0 aliphatic rings. The SMILES string of the molecule is COC(=O)Cc1ccc(CNCCCCNC(=O)OC(C)(C)C)cc1. The lowest BCUT2D eigenvalue weighted by Gasteiger charge is -2.19. The summed E-state index contributed by atoms with van der Waals surface area (Å²) < 4.78 is 9.82. The first-order valence-electron chi connectivity index (χ1n) is 8.62. The molecular weight excluding hydrogens is 320 g/mol. The van der Waals surface area contributed by atoms with Gasteiger partial charge in [-0.05, 0) is 51.3 Å². The van der Waals surface area contributed by atoms with E-state index >= 15 is 0 Å². The van der Waals surface area contributed by atoms with Crippen LogP contribution < -0.4 is 10.6 Å². The van der Waals surface area contributed by atoms with Crippen LogP contribution in [0.15, 0.2) is 24.3 Å². The Morgan fingerprint density at radius 3 is 2.20 bits per heavy atom. The summed E-state index contributed by atoms with van der Waals surface area (Å²) in [5.74, 6) is -0.231. The van der Waals surface area contributed by atoms with Crippen LogP contribution >= 0.6 is 0 Å². The molecule has 0 unspecified atom stereocenters. The maximum Gasteiger partial charge on any atom is 0.407 e. The minimum atomic E-state index is -0.460. The molecule has 140 valence electrons. The van der Waals surface area contributed by atoms with Gasteiger partial charge in [0.25, 0.3) is 0 Å². The second-order valence-electron chi connectivity index (χ2n) is 6.88. The van der Waals surface area contributed by atoms with Gasteiger partial charge in [0.15, 0.2) is 0 Å². The molecule has 0 atom stereocenters. The van der Waals surface area contributed by atoms with E-state index in [-0.39, 0.29) is 12.1 Å². The van der Waals surface area contributed by atoms with Crippen LogP contribution in [0.1, 0.15) is 44.7 Å². The normalized spacial score (nSPS) is 11.0. The van der Waals surface area contributed by atoms with Crippen molar-refractivity contribution in [3.05, 3.63) is 35.4 Å². The summed E-state index contributed by atoms with van der Waals surface area (Å²) in [7, 11) is 1.39. The molecule has 0 saturated heterocycles. The number of nitrogens with one attached hydrogen (secondary N) is 2. The second-order valence-corrected chi connectivity index (χ2v) is 6.88. The minimum absolute atomic E-state index is 0.231. The number of rotatable bonds is 9. The molecule has 2 N–H and O–H groups in total. The van der Waals surface area contributed by atoms with Crippen LogP contribution in [-0.2, 0) is 27.2 Å². The van der Waals surface area contributed by atoms with Crippen molar-refractivity contribution in [2.45, 2.75) is 52.2 Å². The Balaban J connectivity index is 2.10. The molecule has 0 aromatic heterocycles.